The lowest BCUT2D eigenvalue weighted by molar-refractivity contribution is -0.119. The molecule has 2 aromatic heterocycles. The third-order valence-electron chi connectivity index (χ3n) is 7.35. The van der Waals surface area contributed by atoms with Crippen molar-refractivity contribution in [1.29, 1.82) is 0 Å². The first kappa shape index (κ1) is 26.9. The maximum Gasteiger partial charge on any atom is 0.243 e. The maximum atomic E-state index is 13.7. The molecule has 4 aromatic rings. The van der Waals surface area contributed by atoms with Crippen LogP contribution in [0.25, 0.3) is 20.8 Å². The van der Waals surface area contributed by atoms with E-state index in [2.05, 4.69) is 23.2 Å². The Labute approximate surface area is 241 Å². The van der Waals surface area contributed by atoms with E-state index in [1.54, 1.807) is 34.8 Å². The molecule has 204 valence electrons. The molecule has 39 heavy (non-hydrogen) atoms. The molecule has 1 unspecified atom stereocenters. The number of hydrogen-bond acceptors (Lipinski definition) is 7. The molecule has 1 saturated heterocycles. The Balaban J connectivity index is 1.34. The zero-order chi connectivity index (χ0) is 27.1. The lowest BCUT2D eigenvalue weighted by atomic mass is 10.0. The van der Waals surface area contributed by atoms with Gasteiger partial charge in [0.05, 0.1) is 15.1 Å². The van der Waals surface area contributed by atoms with Crippen LogP contribution >= 0.6 is 34.3 Å². The molecule has 2 aliphatic heterocycles. The van der Waals surface area contributed by atoms with Crippen molar-refractivity contribution in [1.82, 2.24) is 14.2 Å². The monoisotopic (exact) mass is 600 g/mol. The molecule has 2 aromatic carbocycles. The van der Waals surface area contributed by atoms with Crippen LogP contribution in [0, 0.1) is 0 Å². The fourth-order valence-electron chi connectivity index (χ4n) is 5.48. The number of rotatable bonds is 7. The lowest BCUT2D eigenvalue weighted by Crippen LogP contribution is -2.43. The number of benzene rings is 2. The number of thiazole rings is 1. The molecule has 0 spiro atoms. The number of nitrogens with zero attached hydrogens (tertiary/aromatic N) is 3. The molecular formula is C28H29ClN4O3S3. The minimum atomic E-state index is -3.84. The number of halogens is 1. The summed E-state index contributed by atoms with van der Waals surface area (Å²) in [6.45, 7) is 5.35. The van der Waals surface area contributed by atoms with Gasteiger partial charge in [0, 0.05) is 35.1 Å². The summed E-state index contributed by atoms with van der Waals surface area (Å²) in [5.41, 5.74) is 3.18. The first-order valence-electron chi connectivity index (χ1n) is 13.2. The summed E-state index contributed by atoms with van der Waals surface area (Å²) in [4.78, 5) is 22.5. The van der Waals surface area contributed by atoms with Gasteiger partial charge in [-0.05, 0) is 74.2 Å². The SMILES string of the molecule is CCCN1CCc2c(sc(NC(=O)C3CCCN3S(=O)(=O)c3ccc(Cl)cc3)c2-c2nc3ccccc3s2)C1. The van der Waals surface area contributed by atoms with E-state index < -0.39 is 16.1 Å². The highest BCUT2D eigenvalue weighted by Gasteiger charge is 2.40. The second-order valence-corrected chi connectivity index (χ2v) is 14.4. The van der Waals surface area contributed by atoms with E-state index in [-0.39, 0.29) is 10.8 Å². The van der Waals surface area contributed by atoms with Crippen molar-refractivity contribution >= 4 is 65.4 Å². The molecule has 6 rings (SSSR count). The minimum absolute atomic E-state index is 0.143. The third kappa shape index (κ3) is 5.14. The number of sulfonamides is 1. The van der Waals surface area contributed by atoms with Crippen LogP contribution in [0.1, 0.15) is 36.6 Å². The van der Waals surface area contributed by atoms with Gasteiger partial charge in [0.15, 0.2) is 0 Å². The van der Waals surface area contributed by atoms with Crippen LogP contribution in [0.15, 0.2) is 53.4 Å². The Bertz CT molecular complexity index is 1600. The minimum Gasteiger partial charge on any atom is -0.316 e. The number of carbonyl (C=O) groups is 1. The highest BCUT2D eigenvalue weighted by Crippen LogP contribution is 2.46. The normalized spacial score (nSPS) is 18.5. The molecule has 1 amide bonds. The quantitative estimate of drug-likeness (QED) is 0.272. The average molecular weight is 601 g/mol. The molecule has 2 aliphatic rings. The van der Waals surface area contributed by atoms with Gasteiger partial charge >= 0.3 is 0 Å². The number of carbonyl (C=O) groups excluding carboxylic acids is 1. The Morgan fingerprint density at radius 2 is 1.92 bits per heavy atom. The average Bonchev–Trinajstić information content (AvgIpc) is 3.65. The number of amides is 1. The molecule has 11 heteroatoms. The molecule has 4 heterocycles. The lowest BCUT2D eigenvalue weighted by Gasteiger charge is -2.26. The standard InChI is InChI=1S/C28H29ClN4O3S3/c1-2-14-32-16-13-20-24(17-32)38-28(25(20)27-30-21-6-3-4-8-23(21)37-27)31-26(34)22-7-5-15-33(22)39(35,36)19-11-9-18(29)10-12-19/h3-4,6,8-12,22H,2,5,7,13-17H2,1H3,(H,31,34). The van der Waals surface area contributed by atoms with E-state index in [1.165, 1.54) is 26.9 Å². The van der Waals surface area contributed by atoms with Gasteiger partial charge in [-0.25, -0.2) is 13.4 Å². The van der Waals surface area contributed by atoms with Crippen molar-refractivity contribution in [3.8, 4) is 10.6 Å². The molecule has 0 aliphatic carbocycles. The Morgan fingerprint density at radius 1 is 1.13 bits per heavy atom. The van der Waals surface area contributed by atoms with E-state index in [0.717, 1.165) is 58.3 Å². The highest BCUT2D eigenvalue weighted by molar-refractivity contribution is 7.89. The summed E-state index contributed by atoms with van der Waals surface area (Å²) < 4.78 is 29.3. The van der Waals surface area contributed by atoms with Crippen molar-refractivity contribution < 1.29 is 13.2 Å². The number of anilines is 1. The fourth-order valence-corrected chi connectivity index (χ4v) is 9.67. The number of hydrogen-bond donors (Lipinski definition) is 1. The van der Waals surface area contributed by atoms with Crippen LogP contribution in [0.5, 0.6) is 0 Å². The molecule has 1 atom stereocenters. The Morgan fingerprint density at radius 3 is 2.69 bits per heavy atom. The van der Waals surface area contributed by atoms with Gasteiger partial charge in [-0.2, -0.15) is 4.31 Å². The molecule has 0 saturated carbocycles. The summed E-state index contributed by atoms with van der Waals surface area (Å²) in [7, 11) is -3.84. The van der Waals surface area contributed by atoms with Gasteiger partial charge in [0.1, 0.15) is 16.1 Å². The predicted octanol–water partition coefficient (Wildman–Crippen LogP) is 6.24. The maximum absolute atomic E-state index is 13.7. The molecule has 0 bridgehead atoms. The van der Waals surface area contributed by atoms with E-state index in [9.17, 15) is 13.2 Å². The van der Waals surface area contributed by atoms with Gasteiger partial charge in [0.25, 0.3) is 0 Å². The zero-order valence-corrected chi connectivity index (χ0v) is 24.7. The fraction of sp³-hybridized carbons (Fsp3) is 0.357. The largest absolute Gasteiger partial charge is 0.316 e. The van der Waals surface area contributed by atoms with E-state index in [4.69, 9.17) is 16.6 Å². The Kier molecular flexibility index (Phi) is 7.51. The molecule has 7 nitrogen and oxygen atoms in total. The number of fused-ring (bicyclic) bond motifs is 2. The molecule has 1 fully saturated rings. The van der Waals surface area contributed by atoms with Crippen molar-refractivity contribution in [3.63, 3.8) is 0 Å². The van der Waals surface area contributed by atoms with E-state index in [0.29, 0.717) is 24.4 Å². The molecular weight excluding hydrogens is 572 g/mol. The van der Waals surface area contributed by atoms with Crippen LogP contribution in [-0.2, 0) is 27.8 Å². The number of nitrogens with one attached hydrogen (secondary N) is 1. The summed E-state index contributed by atoms with van der Waals surface area (Å²) >= 11 is 9.20. The Hall–Kier alpha value is -2.34. The summed E-state index contributed by atoms with van der Waals surface area (Å²) in [6.07, 6.45) is 3.09. The first-order valence-corrected chi connectivity index (χ1v) is 16.6. The smallest absolute Gasteiger partial charge is 0.243 e. The van der Waals surface area contributed by atoms with Crippen LogP contribution in [-0.4, -0.2) is 54.2 Å². The van der Waals surface area contributed by atoms with E-state index in [1.807, 2.05) is 18.2 Å². The summed E-state index contributed by atoms with van der Waals surface area (Å²) in [6, 6.07) is 13.4. The van der Waals surface area contributed by atoms with Gasteiger partial charge in [0.2, 0.25) is 15.9 Å². The number of aromatic nitrogens is 1. The molecule has 1 N–H and O–H groups in total. The van der Waals surface area contributed by atoms with Crippen LogP contribution in [0.3, 0.4) is 0 Å². The van der Waals surface area contributed by atoms with Gasteiger partial charge in [-0.1, -0.05) is 30.7 Å². The second-order valence-electron chi connectivity index (χ2n) is 9.94. The van der Waals surface area contributed by atoms with Crippen molar-refractivity contribution in [2.45, 2.75) is 50.1 Å². The second kappa shape index (κ2) is 10.9. The van der Waals surface area contributed by atoms with Crippen LogP contribution < -0.4 is 5.32 Å². The topological polar surface area (TPSA) is 82.6 Å². The highest BCUT2D eigenvalue weighted by atomic mass is 35.5. The van der Waals surface area contributed by atoms with Crippen molar-refractivity contribution in [2.75, 3.05) is 25.0 Å². The molecule has 0 radical (unpaired) electrons. The van der Waals surface area contributed by atoms with Gasteiger partial charge in [-0.15, -0.1) is 22.7 Å². The number of para-hydroxylation sites is 1. The van der Waals surface area contributed by atoms with Gasteiger partial charge < -0.3 is 5.32 Å². The first-order chi connectivity index (χ1) is 18.8. The summed E-state index contributed by atoms with van der Waals surface area (Å²) in [5.74, 6) is -0.295. The van der Waals surface area contributed by atoms with Gasteiger partial charge in [-0.3, -0.25) is 9.69 Å². The van der Waals surface area contributed by atoms with Crippen molar-refractivity contribution in [3.05, 3.63) is 64.0 Å². The number of thiophene rings is 1. The van der Waals surface area contributed by atoms with Crippen LogP contribution in [0.4, 0.5) is 5.00 Å². The van der Waals surface area contributed by atoms with E-state index >= 15 is 0 Å². The third-order valence-corrected chi connectivity index (χ3v) is 11.7. The van der Waals surface area contributed by atoms with Crippen molar-refractivity contribution in [2.24, 2.45) is 0 Å². The predicted molar refractivity (Wildman–Crippen MR) is 159 cm³/mol. The van der Waals surface area contributed by atoms with Crippen LogP contribution in [0.2, 0.25) is 5.02 Å². The summed E-state index contributed by atoms with van der Waals surface area (Å²) in [5, 5.41) is 5.28. The zero-order valence-electron chi connectivity index (χ0n) is 21.5.